The first kappa shape index (κ1) is 10.9. The number of carbonyl (C=O) groups is 1. The van der Waals surface area contributed by atoms with Crippen LogP contribution in [0.15, 0.2) is 30.5 Å². The number of benzene rings is 1. The first-order valence-corrected chi connectivity index (χ1v) is 4.58. The Balaban J connectivity index is 2.19. The van der Waals surface area contributed by atoms with Gasteiger partial charge < -0.3 is 15.6 Å². The number of nitrogens with zero attached hydrogens (tertiary/aromatic N) is 2. The molecule has 0 saturated carbocycles. The second-order valence-corrected chi connectivity index (χ2v) is 3.17. The molecule has 7 heteroatoms. The van der Waals surface area contributed by atoms with Crippen LogP contribution in [0.3, 0.4) is 0 Å². The van der Waals surface area contributed by atoms with E-state index in [-0.39, 0.29) is 17.3 Å². The van der Waals surface area contributed by atoms with Gasteiger partial charge in [0, 0.05) is 18.3 Å². The molecule has 1 aromatic heterocycles. The zero-order chi connectivity index (χ0) is 12.4. The molecule has 2 rings (SSSR count). The highest BCUT2D eigenvalue weighted by Crippen LogP contribution is 2.22. The zero-order valence-corrected chi connectivity index (χ0v) is 8.50. The topological polar surface area (TPSA) is 90.4 Å². The van der Waals surface area contributed by atoms with E-state index in [2.05, 4.69) is 5.10 Å². The van der Waals surface area contributed by atoms with Gasteiger partial charge in [0.25, 0.3) is 0 Å². The molecule has 0 atom stereocenters. The fraction of sp³-hybridized carbons (Fsp3) is 0. The maximum absolute atomic E-state index is 13.1. The Morgan fingerprint density at radius 2 is 2.24 bits per heavy atom. The molecule has 0 aliphatic carbocycles. The maximum atomic E-state index is 13.1. The normalized spacial score (nSPS) is 10.2. The van der Waals surface area contributed by atoms with Gasteiger partial charge in [0.15, 0.2) is 0 Å². The summed E-state index contributed by atoms with van der Waals surface area (Å²) in [4.78, 5) is 10.5. The number of ether oxygens (including phenoxy) is 1. The van der Waals surface area contributed by atoms with E-state index in [1.54, 1.807) is 0 Å². The molecule has 0 radical (unpaired) electrons. The Kier molecular flexibility index (Phi) is 2.65. The number of hydrogen-bond acceptors (Lipinski definition) is 4. The lowest BCUT2D eigenvalue weighted by molar-refractivity contribution is 0.192. The predicted octanol–water partition coefficient (Wildman–Crippen LogP) is 1.92. The van der Waals surface area contributed by atoms with Crippen LogP contribution in [-0.4, -0.2) is 21.0 Å². The summed E-state index contributed by atoms with van der Waals surface area (Å²) in [6.45, 7) is 0. The molecule has 1 aromatic carbocycles. The van der Waals surface area contributed by atoms with Crippen LogP contribution < -0.4 is 10.5 Å². The number of halogens is 1. The molecule has 0 amide bonds. The van der Waals surface area contributed by atoms with E-state index in [4.69, 9.17) is 15.6 Å². The van der Waals surface area contributed by atoms with Crippen molar-refractivity contribution in [3.05, 3.63) is 36.3 Å². The van der Waals surface area contributed by atoms with Gasteiger partial charge in [-0.25, -0.2) is 9.18 Å². The smallest absolute Gasteiger partial charge is 0.432 e. The third-order valence-corrected chi connectivity index (χ3v) is 1.95. The molecular weight excluding hydrogens is 229 g/mol. The molecule has 0 unspecified atom stereocenters. The Hall–Kier alpha value is -2.57. The molecule has 0 aliphatic heterocycles. The van der Waals surface area contributed by atoms with Crippen molar-refractivity contribution in [2.24, 2.45) is 0 Å². The van der Waals surface area contributed by atoms with Crippen molar-refractivity contribution >= 4 is 11.8 Å². The SMILES string of the molecule is Nc1ccc(Oc2ccn(C(=O)O)n2)cc1F. The molecule has 0 spiro atoms. The Labute approximate surface area is 95.0 Å². The van der Waals surface area contributed by atoms with Gasteiger partial charge in [-0.15, -0.1) is 5.10 Å². The standard InChI is InChI=1S/C10H8FN3O3/c11-7-5-6(1-2-8(7)12)17-9-3-4-14(13-9)10(15)16/h1-5H,12H2,(H,15,16). The summed E-state index contributed by atoms with van der Waals surface area (Å²) in [5, 5.41) is 12.2. The minimum absolute atomic E-state index is 0.00779. The molecule has 0 bridgehead atoms. The average molecular weight is 237 g/mol. The number of nitrogen functional groups attached to an aromatic ring is 1. The number of aromatic nitrogens is 2. The summed E-state index contributed by atoms with van der Waals surface area (Å²) in [6.07, 6.45) is -0.0194. The Bertz CT molecular complexity index is 568. The quantitative estimate of drug-likeness (QED) is 0.778. The van der Waals surface area contributed by atoms with Crippen LogP contribution in [0.5, 0.6) is 11.6 Å². The summed E-state index contributed by atoms with van der Waals surface area (Å²) in [7, 11) is 0. The summed E-state index contributed by atoms with van der Waals surface area (Å²) < 4.78 is 18.9. The van der Waals surface area contributed by atoms with Crippen LogP contribution in [0.1, 0.15) is 0 Å². The third-order valence-electron chi connectivity index (χ3n) is 1.95. The number of hydrogen-bond donors (Lipinski definition) is 2. The third kappa shape index (κ3) is 2.33. The fourth-order valence-corrected chi connectivity index (χ4v) is 1.16. The van der Waals surface area contributed by atoms with E-state index in [0.717, 1.165) is 6.07 Å². The van der Waals surface area contributed by atoms with E-state index < -0.39 is 11.9 Å². The van der Waals surface area contributed by atoms with E-state index in [1.165, 1.54) is 24.4 Å². The van der Waals surface area contributed by atoms with E-state index in [9.17, 15) is 9.18 Å². The summed E-state index contributed by atoms with van der Waals surface area (Å²) in [6, 6.07) is 5.24. The highest BCUT2D eigenvalue weighted by molar-refractivity contribution is 5.66. The van der Waals surface area contributed by atoms with Gasteiger partial charge in [-0.1, -0.05) is 0 Å². The van der Waals surface area contributed by atoms with Crippen LogP contribution in [0.2, 0.25) is 0 Å². The van der Waals surface area contributed by atoms with Gasteiger partial charge in [-0.3, -0.25) is 0 Å². The predicted molar refractivity (Wildman–Crippen MR) is 56.5 cm³/mol. The molecule has 6 nitrogen and oxygen atoms in total. The maximum Gasteiger partial charge on any atom is 0.432 e. The highest BCUT2D eigenvalue weighted by Gasteiger charge is 2.07. The van der Waals surface area contributed by atoms with Gasteiger partial charge >= 0.3 is 6.09 Å². The van der Waals surface area contributed by atoms with E-state index in [1.807, 2.05) is 0 Å². The number of nitrogens with two attached hydrogens (primary N) is 1. The molecule has 2 aromatic rings. The summed E-state index contributed by atoms with van der Waals surface area (Å²) in [5.74, 6) is -0.371. The van der Waals surface area contributed by atoms with Gasteiger partial charge in [-0.2, -0.15) is 4.68 Å². The Morgan fingerprint density at radius 3 is 2.82 bits per heavy atom. The van der Waals surface area contributed by atoms with E-state index >= 15 is 0 Å². The Morgan fingerprint density at radius 1 is 1.47 bits per heavy atom. The first-order valence-electron chi connectivity index (χ1n) is 4.58. The van der Waals surface area contributed by atoms with Crippen LogP contribution in [-0.2, 0) is 0 Å². The van der Waals surface area contributed by atoms with Crippen molar-refractivity contribution < 1.29 is 19.0 Å². The molecule has 88 valence electrons. The molecule has 0 fully saturated rings. The lowest BCUT2D eigenvalue weighted by Gasteiger charge is -2.03. The van der Waals surface area contributed by atoms with E-state index in [0.29, 0.717) is 4.68 Å². The van der Waals surface area contributed by atoms with Crippen LogP contribution in [0, 0.1) is 5.82 Å². The number of anilines is 1. The van der Waals surface area contributed by atoms with Crippen LogP contribution >= 0.6 is 0 Å². The van der Waals surface area contributed by atoms with Gasteiger partial charge in [0.05, 0.1) is 5.69 Å². The monoisotopic (exact) mass is 237 g/mol. The van der Waals surface area contributed by atoms with Crippen molar-refractivity contribution in [1.82, 2.24) is 9.78 Å². The molecule has 3 N–H and O–H groups in total. The molecular formula is C10H8FN3O3. The number of rotatable bonds is 2. The van der Waals surface area contributed by atoms with Gasteiger partial charge in [0.2, 0.25) is 5.88 Å². The van der Waals surface area contributed by atoms with Gasteiger partial charge in [-0.05, 0) is 12.1 Å². The van der Waals surface area contributed by atoms with Crippen molar-refractivity contribution in [3.8, 4) is 11.6 Å². The second-order valence-electron chi connectivity index (χ2n) is 3.17. The van der Waals surface area contributed by atoms with Crippen molar-refractivity contribution in [1.29, 1.82) is 0 Å². The zero-order valence-electron chi connectivity index (χ0n) is 8.50. The molecule has 17 heavy (non-hydrogen) atoms. The molecule has 1 heterocycles. The van der Waals surface area contributed by atoms with Crippen LogP contribution in [0.25, 0.3) is 0 Å². The first-order chi connectivity index (χ1) is 8.06. The second kappa shape index (κ2) is 4.12. The minimum atomic E-state index is -1.23. The van der Waals surface area contributed by atoms with Gasteiger partial charge in [0.1, 0.15) is 11.6 Å². The fourth-order valence-electron chi connectivity index (χ4n) is 1.16. The van der Waals surface area contributed by atoms with Crippen LogP contribution in [0.4, 0.5) is 14.9 Å². The van der Waals surface area contributed by atoms with Crippen molar-refractivity contribution in [2.45, 2.75) is 0 Å². The molecule has 0 aliphatic rings. The lowest BCUT2D eigenvalue weighted by Crippen LogP contribution is -2.07. The summed E-state index contributed by atoms with van der Waals surface area (Å²) >= 11 is 0. The lowest BCUT2D eigenvalue weighted by atomic mass is 10.3. The average Bonchev–Trinajstić information content (AvgIpc) is 2.72. The minimum Gasteiger partial charge on any atom is -0.463 e. The summed E-state index contributed by atoms with van der Waals surface area (Å²) in [5.41, 5.74) is 5.31. The highest BCUT2D eigenvalue weighted by atomic mass is 19.1. The number of carboxylic acid groups (broad SMARTS) is 1. The van der Waals surface area contributed by atoms with Crippen molar-refractivity contribution in [3.63, 3.8) is 0 Å². The molecule has 0 saturated heterocycles. The largest absolute Gasteiger partial charge is 0.463 e. The van der Waals surface area contributed by atoms with Crippen molar-refractivity contribution in [2.75, 3.05) is 5.73 Å².